The zero-order chi connectivity index (χ0) is 22.0. The van der Waals surface area contributed by atoms with Crippen molar-refractivity contribution in [3.8, 4) is 0 Å². The summed E-state index contributed by atoms with van der Waals surface area (Å²) in [7, 11) is -3.95. The third-order valence-electron chi connectivity index (χ3n) is 5.43. The number of anilines is 1. The average Bonchev–Trinajstić information content (AvgIpc) is 3.21. The molecular formula is C24H23BrN2O3S. The van der Waals surface area contributed by atoms with Gasteiger partial charge in [0.05, 0.1) is 11.7 Å². The second-order valence-corrected chi connectivity index (χ2v) is 10.0. The first-order valence-electron chi connectivity index (χ1n) is 10.2. The summed E-state index contributed by atoms with van der Waals surface area (Å²) >= 11 is 3.44. The molecule has 3 aromatic carbocycles. The largest absolute Gasteiger partial charge is 0.310 e. The number of fused-ring (bicyclic) bond motifs is 1. The summed E-state index contributed by atoms with van der Waals surface area (Å²) in [4.78, 5) is 14.2. The van der Waals surface area contributed by atoms with Gasteiger partial charge < -0.3 is 4.90 Å². The molecule has 0 saturated heterocycles. The zero-order valence-corrected chi connectivity index (χ0v) is 19.5. The fourth-order valence-electron chi connectivity index (χ4n) is 3.95. The average molecular weight is 499 g/mol. The lowest BCUT2D eigenvalue weighted by atomic mass is 10.00. The third kappa shape index (κ3) is 4.44. The number of sulfonamides is 1. The van der Waals surface area contributed by atoms with Crippen LogP contribution in [0.5, 0.6) is 0 Å². The smallest absolute Gasteiger partial charge is 0.243 e. The van der Waals surface area contributed by atoms with Gasteiger partial charge in [-0.1, -0.05) is 83.5 Å². The maximum absolute atomic E-state index is 13.7. The molecular weight excluding hydrogens is 476 g/mol. The molecule has 0 saturated carbocycles. The van der Waals surface area contributed by atoms with Gasteiger partial charge in [-0.25, -0.2) is 8.42 Å². The van der Waals surface area contributed by atoms with Gasteiger partial charge in [0.15, 0.2) is 0 Å². The number of nitrogens with zero attached hydrogens (tertiary/aromatic N) is 1. The van der Waals surface area contributed by atoms with Crippen molar-refractivity contribution < 1.29 is 13.2 Å². The lowest BCUT2D eigenvalue weighted by molar-refractivity contribution is -0.118. The van der Waals surface area contributed by atoms with Gasteiger partial charge >= 0.3 is 0 Å². The van der Waals surface area contributed by atoms with Crippen molar-refractivity contribution in [1.82, 2.24) is 4.72 Å². The second kappa shape index (κ2) is 8.94. The summed E-state index contributed by atoms with van der Waals surface area (Å²) in [6.45, 7) is 2.27. The van der Waals surface area contributed by atoms with E-state index < -0.39 is 16.1 Å². The quantitative estimate of drug-likeness (QED) is 0.529. The number of hydrogen-bond donors (Lipinski definition) is 1. The van der Waals surface area contributed by atoms with Crippen molar-refractivity contribution in [3.63, 3.8) is 0 Å². The number of halogens is 1. The highest BCUT2D eigenvalue weighted by Crippen LogP contribution is 2.38. The molecule has 7 heteroatoms. The van der Waals surface area contributed by atoms with Gasteiger partial charge in [-0.3, -0.25) is 4.79 Å². The minimum atomic E-state index is -3.95. The van der Waals surface area contributed by atoms with Gasteiger partial charge in [0.25, 0.3) is 0 Å². The Morgan fingerprint density at radius 3 is 2.16 bits per heavy atom. The Labute approximate surface area is 191 Å². The number of carbonyl (C=O) groups is 1. The van der Waals surface area contributed by atoms with E-state index in [4.69, 9.17) is 0 Å². The Morgan fingerprint density at radius 1 is 1.03 bits per heavy atom. The molecule has 1 heterocycles. The minimum Gasteiger partial charge on any atom is -0.310 e. The number of nitrogens with one attached hydrogen (secondary N) is 1. The molecule has 0 radical (unpaired) electrons. The van der Waals surface area contributed by atoms with Crippen molar-refractivity contribution >= 4 is 37.5 Å². The van der Waals surface area contributed by atoms with Gasteiger partial charge in [-0.2, -0.15) is 4.72 Å². The predicted molar refractivity (Wildman–Crippen MR) is 126 cm³/mol. The molecule has 0 fully saturated rings. The fraction of sp³-hybridized carbons (Fsp3) is 0.208. The third-order valence-corrected chi connectivity index (χ3v) is 7.32. The Morgan fingerprint density at radius 2 is 1.61 bits per heavy atom. The van der Waals surface area contributed by atoms with E-state index in [0.29, 0.717) is 29.5 Å². The number of hydrogen-bond acceptors (Lipinski definition) is 3. The van der Waals surface area contributed by atoms with Crippen LogP contribution in [0.15, 0.2) is 82.2 Å². The molecule has 0 bridgehead atoms. The number of carbonyl (C=O) groups excluding carboxylic acids is 1. The summed E-state index contributed by atoms with van der Waals surface area (Å²) in [6, 6.07) is 21.9. The number of rotatable bonds is 6. The standard InChI is InChI=1S/C24H23BrN2O3S/c1-2-22(28)27-14-13-19-15-20(25)16-21(24(19)27)31(29,30)26-23(17-9-5-3-6-10-17)18-11-7-4-8-12-18/h3-12,15-16,23,26H,2,13-14H2,1H3. The molecule has 5 nitrogen and oxygen atoms in total. The molecule has 160 valence electrons. The van der Waals surface area contributed by atoms with Gasteiger partial charge in [0, 0.05) is 17.4 Å². The highest BCUT2D eigenvalue weighted by atomic mass is 79.9. The minimum absolute atomic E-state index is 0.0832. The number of amides is 1. The van der Waals surface area contributed by atoms with E-state index in [0.717, 1.165) is 16.7 Å². The highest BCUT2D eigenvalue weighted by Gasteiger charge is 2.33. The predicted octanol–water partition coefficient (Wildman–Crippen LogP) is 4.82. The van der Waals surface area contributed by atoms with Crippen LogP contribution in [0.1, 0.15) is 36.1 Å². The summed E-state index contributed by atoms with van der Waals surface area (Å²) in [5.41, 5.74) is 3.02. The van der Waals surface area contributed by atoms with E-state index in [9.17, 15) is 13.2 Å². The summed E-state index contributed by atoms with van der Waals surface area (Å²) in [5, 5.41) is 0. The molecule has 3 aromatic rings. The Bertz CT molecular complexity index is 1160. The van der Waals surface area contributed by atoms with Gasteiger partial charge in [-0.05, 0) is 35.2 Å². The Kier molecular flexibility index (Phi) is 6.27. The van der Waals surface area contributed by atoms with Crippen molar-refractivity contribution in [1.29, 1.82) is 0 Å². The molecule has 4 rings (SSSR count). The van der Waals surface area contributed by atoms with Crippen LogP contribution in [-0.4, -0.2) is 20.9 Å². The first-order valence-corrected chi connectivity index (χ1v) is 12.4. The molecule has 0 aliphatic carbocycles. The van der Waals surface area contributed by atoms with Gasteiger partial charge in [0.1, 0.15) is 4.90 Å². The van der Waals surface area contributed by atoms with Crippen LogP contribution in [0.3, 0.4) is 0 Å². The van der Waals surface area contributed by atoms with Gasteiger partial charge in [0.2, 0.25) is 15.9 Å². The Balaban J connectivity index is 1.81. The van der Waals surface area contributed by atoms with E-state index in [-0.39, 0.29) is 10.8 Å². The van der Waals surface area contributed by atoms with E-state index in [1.165, 1.54) is 0 Å². The lowest BCUT2D eigenvalue weighted by Crippen LogP contribution is -2.33. The molecule has 0 atom stereocenters. The molecule has 1 aliphatic rings. The van der Waals surface area contributed by atoms with Crippen LogP contribution < -0.4 is 9.62 Å². The zero-order valence-electron chi connectivity index (χ0n) is 17.1. The summed E-state index contributed by atoms with van der Waals surface area (Å²) < 4.78 is 30.9. The second-order valence-electron chi connectivity index (χ2n) is 7.44. The van der Waals surface area contributed by atoms with Crippen LogP contribution in [-0.2, 0) is 21.2 Å². The SMILES string of the molecule is CCC(=O)N1CCc2cc(Br)cc(S(=O)(=O)NC(c3ccccc3)c3ccccc3)c21. The topological polar surface area (TPSA) is 66.5 Å². The summed E-state index contributed by atoms with van der Waals surface area (Å²) in [6.07, 6.45) is 0.947. The first-order chi connectivity index (χ1) is 14.9. The van der Waals surface area contributed by atoms with Crippen molar-refractivity contribution in [2.24, 2.45) is 0 Å². The molecule has 0 aromatic heterocycles. The van der Waals surface area contributed by atoms with E-state index in [2.05, 4.69) is 20.7 Å². The van der Waals surface area contributed by atoms with Crippen molar-refractivity contribution in [2.45, 2.75) is 30.7 Å². The van der Waals surface area contributed by atoms with Crippen LogP contribution in [0.2, 0.25) is 0 Å². The molecule has 0 unspecified atom stereocenters. The Hall–Kier alpha value is -2.48. The van der Waals surface area contributed by atoms with E-state index in [1.54, 1.807) is 17.9 Å². The molecule has 1 amide bonds. The van der Waals surface area contributed by atoms with Crippen LogP contribution in [0, 0.1) is 0 Å². The molecule has 0 spiro atoms. The maximum Gasteiger partial charge on any atom is 0.243 e. The van der Waals surface area contributed by atoms with E-state index in [1.807, 2.05) is 66.7 Å². The molecule has 31 heavy (non-hydrogen) atoms. The lowest BCUT2D eigenvalue weighted by Gasteiger charge is -2.23. The van der Waals surface area contributed by atoms with Crippen molar-refractivity contribution in [3.05, 3.63) is 94.0 Å². The van der Waals surface area contributed by atoms with Gasteiger partial charge in [-0.15, -0.1) is 0 Å². The fourth-order valence-corrected chi connectivity index (χ4v) is 6.10. The normalized spacial score (nSPS) is 13.5. The number of benzene rings is 3. The maximum atomic E-state index is 13.7. The monoisotopic (exact) mass is 498 g/mol. The van der Waals surface area contributed by atoms with E-state index >= 15 is 0 Å². The van der Waals surface area contributed by atoms with Crippen LogP contribution in [0.4, 0.5) is 5.69 Å². The van der Waals surface area contributed by atoms with Crippen LogP contribution in [0.25, 0.3) is 0 Å². The highest BCUT2D eigenvalue weighted by molar-refractivity contribution is 9.10. The molecule has 1 N–H and O–H groups in total. The van der Waals surface area contributed by atoms with Crippen molar-refractivity contribution in [2.75, 3.05) is 11.4 Å². The molecule has 1 aliphatic heterocycles. The van der Waals surface area contributed by atoms with Crippen LogP contribution >= 0.6 is 15.9 Å². The first kappa shape index (κ1) is 21.7. The summed E-state index contributed by atoms with van der Waals surface area (Å²) in [5.74, 6) is -0.0832.